The van der Waals surface area contributed by atoms with Crippen molar-refractivity contribution >= 4 is 28.9 Å². The van der Waals surface area contributed by atoms with Gasteiger partial charge in [-0.15, -0.1) is 18.3 Å². The van der Waals surface area contributed by atoms with Crippen molar-refractivity contribution in [1.29, 1.82) is 0 Å². The molecule has 0 atom stereocenters. The van der Waals surface area contributed by atoms with E-state index in [-0.39, 0.29) is 64.2 Å². The number of aryl methyl sites for hydroxylation is 1. The summed E-state index contributed by atoms with van der Waals surface area (Å²) in [5.41, 5.74) is 0.679. The van der Waals surface area contributed by atoms with E-state index < -0.39 is 23.5 Å². The maximum absolute atomic E-state index is 14.2. The number of nitrogens with one attached hydrogen (secondary N) is 1. The number of carbonyl (C=O) groups excluding carboxylic acids is 2. The number of anilines is 1. The van der Waals surface area contributed by atoms with Gasteiger partial charge in [0.2, 0.25) is 11.7 Å². The van der Waals surface area contributed by atoms with Gasteiger partial charge in [0.1, 0.15) is 12.9 Å². The Morgan fingerprint density at radius 2 is 1.90 bits per heavy atom. The van der Waals surface area contributed by atoms with E-state index in [9.17, 15) is 32.7 Å². The standard InChI is InChI=1S/C30H31F3N10O5/c1-16-24(45)23(35-15-34-16)27(47)40-9-7-29(8-10-40)6-3-20-22(29)26(46)42-28(38-25(39-42)18-4-11-48-12-5-18)41(20)14-21(44)37-19-13-36-43(17(19)2)30(31,32)33/h4,13,15,45H,3,5-12,14H2,1-2H3,(H,37,44). The third kappa shape index (κ3) is 5.19. The molecule has 2 N–H and O–H groups in total. The Morgan fingerprint density at radius 1 is 1.12 bits per heavy atom. The van der Waals surface area contributed by atoms with Gasteiger partial charge in [0, 0.05) is 29.8 Å². The molecular weight excluding hydrogens is 637 g/mol. The van der Waals surface area contributed by atoms with Crippen molar-refractivity contribution in [1.82, 2.24) is 43.8 Å². The number of hydrogen-bond donors (Lipinski definition) is 2. The second-order valence-electron chi connectivity index (χ2n) is 12.2. The van der Waals surface area contributed by atoms with Gasteiger partial charge in [0.25, 0.3) is 11.5 Å². The maximum atomic E-state index is 14.2. The van der Waals surface area contributed by atoms with Crippen LogP contribution in [-0.2, 0) is 34.2 Å². The molecule has 1 spiro atoms. The fraction of sp³-hybridized carbons (Fsp3) is 0.467. The first-order valence-electron chi connectivity index (χ1n) is 15.4. The van der Waals surface area contributed by atoms with E-state index in [0.29, 0.717) is 62.4 Å². The molecule has 1 fully saturated rings. The lowest BCUT2D eigenvalue weighted by Gasteiger charge is -2.39. The number of piperidine rings is 1. The van der Waals surface area contributed by atoms with Crippen molar-refractivity contribution in [2.45, 2.75) is 64.2 Å². The van der Waals surface area contributed by atoms with E-state index in [2.05, 4.69) is 30.5 Å². The van der Waals surface area contributed by atoms with Gasteiger partial charge in [-0.25, -0.2) is 9.97 Å². The number of aromatic nitrogens is 8. The fourth-order valence-electron chi connectivity index (χ4n) is 6.94. The molecule has 0 bridgehead atoms. The molecule has 4 aromatic heterocycles. The summed E-state index contributed by atoms with van der Waals surface area (Å²) in [6, 6.07) is 0. The smallest absolute Gasteiger partial charge is 0.504 e. The Morgan fingerprint density at radius 3 is 2.58 bits per heavy atom. The van der Waals surface area contributed by atoms with Gasteiger partial charge in [-0.2, -0.15) is 19.3 Å². The van der Waals surface area contributed by atoms with E-state index in [4.69, 9.17) is 4.74 Å². The zero-order valence-electron chi connectivity index (χ0n) is 26.0. The first kappa shape index (κ1) is 31.5. The summed E-state index contributed by atoms with van der Waals surface area (Å²) >= 11 is 0. The average molecular weight is 669 g/mol. The van der Waals surface area contributed by atoms with Crippen LogP contribution in [0.15, 0.2) is 23.4 Å². The molecule has 48 heavy (non-hydrogen) atoms. The lowest BCUT2D eigenvalue weighted by molar-refractivity contribution is -0.213. The summed E-state index contributed by atoms with van der Waals surface area (Å²) < 4.78 is 48.0. The SMILES string of the molecule is Cc1ncnc(C(=O)N2CCC3(CCc4c3c(=O)n3nc(C5=CCOCC5)nc3n4CC(=O)Nc3cnn(C(F)(F)F)c3C)CC2)c1O. The number of aromatic hydroxyl groups is 1. The Balaban J connectivity index is 1.24. The van der Waals surface area contributed by atoms with Gasteiger partial charge in [-0.3, -0.25) is 14.4 Å². The van der Waals surface area contributed by atoms with Crippen LogP contribution < -0.4 is 10.9 Å². The van der Waals surface area contributed by atoms with Gasteiger partial charge in [0.15, 0.2) is 17.3 Å². The third-order valence-corrected chi connectivity index (χ3v) is 9.51. The highest BCUT2D eigenvalue weighted by Gasteiger charge is 2.46. The monoisotopic (exact) mass is 668 g/mol. The third-order valence-electron chi connectivity index (χ3n) is 9.51. The molecule has 0 radical (unpaired) electrons. The Kier molecular flexibility index (Phi) is 7.56. The molecule has 0 saturated carbocycles. The van der Waals surface area contributed by atoms with Crippen LogP contribution >= 0.6 is 0 Å². The second kappa shape index (κ2) is 11.5. The van der Waals surface area contributed by atoms with Crippen molar-refractivity contribution in [3.8, 4) is 5.75 Å². The van der Waals surface area contributed by atoms with E-state index >= 15 is 0 Å². The van der Waals surface area contributed by atoms with Crippen LogP contribution in [0.5, 0.6) is 5.75 Å². The summed E-state index contributed by atoms with van der Waals surface area (Å²) in [6.45, 7) is 3.82. The van der Waals surface area contributed by atoms with Gasteiger partial charge in [-0.05, 0) is 51.5 Å². The molecule has 18 heteroatoms. The normalized spacial score (nSPS) is 17.5. The highest BCUT2D eigenvalue weighted by molar-refractivity contribution is 5.95. The quantitative estimate of drug-likeness (QED) is 0.321. The second-order valence-corrected chi connectivity index (χ2v) is 12.2. The highest BCUT2D eigenvalue weighted by Crippen LogP contribution is 2.45. The van der Waals surface area contributed by atoms with E-state index in [0.717, 1.165) is 11.8 Å². The predicted octanol–water partition coefficient (Wildman–Crippen LogP) is 2.24. The summed E-state index contributed by atoms with van der Waals surface area (Å²) in [7, 11) is 0. The molecule has 4 aromatic rings. The van der Waals surface area contributed by atoms with Crippen LogP contribution in [0.25, 0.3) is 11.4 Å². The van der Waals surface area contributed by atoms with Crippen LogP contribution in [-0.4, -0.2) is 87.0 Å². The Bertz CT molecular complexity index is 2060. The molecule has 252 valence electrons. The molecule has 2 amide bonds. The minimum atomic E-state index is -4.75. The summed E-state index contributed by atoms with van der Waals surface area (Å²) in [5.74, 6) is -0.891. The largest absolute Gasteiger partial charge is 0.504 e. The lowest BCUT2D eigenvalue weighted by Crippen LogP contribution is -2.46. The number of rotatable bonds is 5. The molecule has 1 saturated heterocycles. The van der Waals surface area contributed by atoms with Gasteiger partial charge in [-0.1, -0.05) is 6.08 Å². The van der Waals surface area contributed by atoms with E-state index in [1.807, 2.05) is 6.08 Å². The van der Waals surface area contributed by atoms with E-state index in [1.165, 1.54) is 17.8 Å². The summed E-state index contributed by atoms with van der Waals surface area (Å²) in [6.07, 6.45) is 1.63. The molecule has 2 aliphatic heterocycles. The number of hydrogen-bond acceptors (Lipinski definition) is 10. The minimum Gasteiger partial charge on any atom is -0.504 e. The van der Waals surface area contributed by atoms with Crippen LogP contribution in [0.4, 0.5) is 18.9 Å². The van der Waals surface area contributed by atoms with Crippen molar-refractivity contribution in [2.24, 2.45) is 0 Å². The fourth-order valence-corrected chi connectivity index (χ4v) is 6.94. The number of alkyl halides is 3. The number of ether oxygens (including phenoxy) is 1. The van der Waals surface area contributed by atoms with Crippen molar-refractivity contribution < 1.29 is 32.6 Å². The van der Waals surface area contributed by atoms with Crippen molar-refractivity contribution in [3.63, 3.8) is 0 Å². The predicted molar refractivity (Wildman–Crippen MR) is 161 cm³/mol. The molecule has 15 nitrogen and oxygen atoms in total. The molecule has 3 aliphatic rings. The van der Waals surface area contributed by atoms with Crippen LogP contribution in [0.2, 0.25) is 0 Å². The highest BCUT2D eigenvalue weighted by atomic mass is 19.4. The van der Waals surface area contributed by atoms with Crippen LogP contribution in [0.3, 0.4) is 0 Å². The van der Waals surface area contributed by atoms with Gasteiger partial charge in [0.05, 0.1) is 36.5 Å². The van der Waals surface area contributed by atoms with Crippen LogP contribution in [0, 0.1) is 13.8 Å². The summed E-state index contributed by atoms with van der Waals surface area (Å²) in [5, 5.41) is 20.8. The Hall–Kier alpha value is -5.13. The maximum Gasteiger partial charge on any atom is 0.504 e. The first-order valence-corrected chi connectivity index (χ1v) is 15.4. The number of amides is 2. The van der Waals surface area contributed by atoms with Crippen molar-refractivity contribution in [2.75, 3.05) is 31.6 Å². The summed E-state index contributed by atoms with van der Waals surface area (Å²) in [4.78, 5) is 55.1. The zero-order valence-corrected chi connectivity index (χ0v) is 26.0. The lowest BCUT2D eigenvalue weighted by atomic mass is 9.74. The topological polar surface area (TPSA) is 175 Å². The zero-order chi connectivity index (χ0) is 34.0. The van der Waals surface area contributed by atoms with Gasteiger partial charge < -0.3 is 24.6 Å². The molecular formula is C30H31F3N10O5. The molecule has 0 aromatic carbocycles. The number of fused-ring (bicyclic) bond motifs is 3. The molecule has 0 unspecified atom stereocenters. The van der Waals surface area contributed by atoms with Gasteiger partial charge >= 0.3 is 6.30 Å². The average Bonchev–Trinajstić information content (AvgIpc) is 3.77. The van der Waals surface area contributed by atoms with Crippen molar-refractivity contribution in [3.05, 3.63) is 63.1 Å². The first-order chi connectivity index (χ1) is 22.9. The van der Waals surface area contributed by atoms with E-state index in [1.54, 1.807) is 16.4 Å². The number of nitrogens with zero attached hydrogens (tertiary/aromatic N) is 9. The molecule has 6 heterocycles. The Labute approximate surface area is 270 Å². The number of carbonyl (C=O) groups is 2. The number of likely N-dealkylation sites (tertiary alicyclic amines) is 1. The molecule has 1 aliphatic carbocycles. The number of halogens is 3. The molecule has 7 rings (SSSR count). The minimum absolute atomic E-state index is 0.0890. The van der Waals surface area contributed by atoms with Crippen LogP contribution in [0.1, 0.15) is 64.6 Å².